The molecule has 5 nitrogen and oxygen atoms in total. The van der Waals surface area contributed by atoms with Gasteiger partial charge in [-0.15, -0.1) is 0 Å². The van der Waals surface area contributed by atoms with E-state index in [0.29, 0.717) is 5.69 Å². The molecular formula is C13H10N2O3. The number of amides is 1. The van der Waals surface area contributed by atoms with E-state index in [2.05, 4.69) is 10.3 Å². The molecule has 0 saturated heterocycles. The Morgan fingerprint density at radius 1 is 1.22 bits per heavy atom. The van der Waals surface area contributed by atoms with Crippen LogP contribution in [0.15, 0.2) is 48.8 Å². The maximum absolute atomic E-state index is 11.5. The Labute approximate surface area is 103 Å². The summed E-state index contributed by atoms with van der Waals surface area (Å²) >= 11 is 0. The van der Waals surface area contributed by atoms with E-state index in [4.69, 9.17) is 5.11 Å². The van der Waals surface area contributed by atoms with Crippen LogP contribution in [0.4, 0.5) is 5.69 Å². The highest BCUT2D eigenvalue weighted by molar-refractivity contribution is 6.07. The average molecular weight is 242 g/mol. The van der Waals surface area contributed by atoms with Gasteiger partial charge >= 0.3 is 5.97 Å². The summed E-state index contributed by atoms with van der Waals surface area (Å²) in [5, 5.41) is 12.8. The van der Waals surface area contributed by atoms with E-state index in [-0.39, 0.29) is 0 Å². The summed E-state index contributed by atoms with van der Waals surface area (Å²) < 4.78 is 0. The molecule has 0 bridgehead atoms. The maximum atomic E-state index is 11.5. The smallest absolute Gasteiger partial charge is 0.328 e. The van der Waals surface area contributed by atoms with E-state index in [1.165, 1.54) is 0 Å². The van der Waals surface area contributed by atoms with Crippen molar-refractivity contribution < 1.29 is 14.7 Å². The number of hydrogen-bond donors (Lipinski definition) is 2. The van der Waals surface area contributed by atoms with Crippen LogP contribution in [0.2, 0.25) is 0 Å². The maximum Gasteiger partial charge on any atom is 0.328 e. The molecule has 1 aromatic carbocycles. The van der Waals surface area contributed by atoms with E-state index in [0.717, 1.165) is 22.9 Å². The second-order valence-corrected chi connectivity index (χ2v) is 3.56. The summed E-state index contributed by atoms with van der Waals surface area (Å²) in [6.45, 7) is 0. The van der Waals surface area contributed by atoms with Crippen molar-refractivity contribution in [1.82, 2.24) is 4.98 Å². The van der Waals surface area contributed by atoms with Gasteiger partial charge in [0.2, 0.25) is 5.91 Å². The number of carbonyl (C=O) groups excluding carboxylic acids is 1. The van der Waals surface area contributed by atoms with Gasteiger partial charge in [-0.1, -0.05) is 12.1 Å². The van der Waals surface area contributed by atoms with Crippen LogP contribution in [0.1, 0.15) is 0 Å². The largest absolute Gasteiger partial charge is 0.478 e. The number of aliphatic carboxylic acids is 1. The molecule has 5 heteroatoms. The van der Waals surface area contributed by atoms with E-state index < -0.39 is 11.9 Å². The second-order valence-electron chi connectivity index (χ2n) is 3.56. The third kappa shape index (κ3) is 2.70. The number of aromatic nitrogens is 1. The number of carbonyl (C=O) groups is 2. The first-order valence-corrected chi connectivity index (χ1v) is 5.21. The van der Waals surface area contributed by atoms with Gasteiger partial charge in [-0.2, -0.15) is 0 Å². The van der Waals surface area contributed by atoms with E-state index in [1.54, 1.807) is 24.5 Å². The van der Waals surface area contributed by atoms with Crippen molar-refractivity contribution in [3.63, 3.8) is 0 Å². The molecule has 0 atom stereocenters. The van der Waals surface area contributed by atoms with Gasteiger partial charge in [0, 0.05) is 29.9 Å². The topological polar surface area (TPSA) is 79.3 Å². The molecule has 0 radical (unpaired) electrons. The molecule has 0 fully saturated rings. The lowest BCUT2D eigenvalue weighted by Crippen LogP contribution is -2.09. The van der Waals surface area contributed by atoms with Crippen LogP contribution in [0.25, 0.3) is 10.8 Å². The summed E-state index contributed by atoms with van der Waals surface area (Å²) in [4.78, 5) is 25.8. The van der Waals surface area contributed by atoms with Gasteiger partial charge in [0.25, 0.3) is 0 Å². The molecule has 1 amide bonds. The fourth-order valence-corrected chi connectivity index (χ4v) is 1.54. The summed E-state index contributed by atoms with van der Waals surface area (Å²) in [5.74, 6) is -1.65. The summed E-state index contributed by atoms with van der Waals surface area (Å²) in [7, 11) is 0. The Morgan fingerprint density at radius 3 is 2.83 bits per heavy atom. The van der Waals surface area contributed by atoms with Crippen LogP contribution in [0.5, 0.6) is 0 Å². The van der Waals surface area contributed by atoms with Gasteiger partial charge in [0.05, 0.1) is 5.69 Å². The predicted molar refractivity (Wildman–Crippen MR) is 67.1 cm³/mol. The summed E-state index contributed by atoms with van der Waals surface area (Å²) in [6.07, 6.45) is 5.07. The van der Waals surface area contributed by atoms with Crippen LogP contribution in [-0.2, 0) is 9.59 Å². The van der Waals surface area contributed by atoms with Crippen molar-refractivity contribution >= 4 is 28.3 Å². The number of nitrogens with zero attached hydrogens (tertiary/aromatic N) is 1. The van der Waals surface area contributed by atoms with Gasteiger partial charge < -0.3 is 10.4 Å². The van der Waals surface area contributed by atoms with Crippen LogP contribution in [-0.4, -0.2) is 22.0 Å². The molecule has 0 aliphatic carbocycles. The Hall–Kier alpha value is -2.69. The van der Waals surface area contributed by atoms with Crippen molar-refractivity contribution in [2.45, 2.75) is 0 Å². The lowest BCUT2D eigenvalue weighted by Gasteiger charge is -2.05. The van der Waals surface area contributed by atoms with Crippen molar-refractivity contribution in [3.05, 3.63) is 48.8 Å². The van der Waals surface area contributed by atoms with E-state index in [1.807, 2.05) is 12.1 Å². The zero-order valence-corrected chi connectivity index (χ0v) is 9.33. The number of nitrogens with one attached hydrogen (secondary N) is 1. The van der Waals surface area contributed by atoms with Crippen molar-refractivity contribution in [2.75, 3.05) is 5.32 Å². The Morgan fingerprint density at radius 2 is 2.06 bits per heavy atom. The number of pyridine rings is 1. The van der Waals surface area contributed by atoms with Gasteiger partial charge in [-0.25, -0.2) is 4.79 Å². The number of benzene rings is 1. The minimum atomic E-state index is -1.16. The lowest BCUT2D eigenvalue weighted by molar-refractivity contribution is -0.131. The zero-order valence-electron chi connectivity index (χ0n) is 9.33. The Balaban J connectivity index is 2.27. The zero-order chi connectivity index (χ0) is 13.0. The monoisotopic (exact) mass is 242 g/mol. The first-order valence-electron chi connectivity index (χ1n) is 5.21. The van der Waals surface area contributed by atoms with Crippen LogP contribution < -0.4 is 5.32 Å². The summed E-state index contributed by atoms with van der Waals surface area (Å²) in [5.41, 5.74) is 0.598. The van der Waals surface area contributed by atoms with Crippen LogP contribution in [0.3, 0.4) is 0 Å². The highest BCUT2D eigenvalue weighted by atomic mass is 16.4. The standard InChI is InChI=1S/C13H10N2O3/c16-12(4-5-13(17)18)15-11-3-1-2-9-6-7-14-8-10(9)11/h1-8H,(H,15,16)(H,17,18). The molecule has 1 aromatic heterocycles. The Kier molecular flexibility index (Phi) is 3.33. The number of carboxylic acid groups (broad SMARTS) is 1. The number of rotatable bonds is 3. The van der Waals surface area contributed by atoms with Crippen LogP contribution >= 0.6 is 0 Å². The molecule has 0 saturated carbocycles. The SMILES string of the molecule is O=C(O)C=CC(=O)Nc1cccc2ccncc12. The third-order valence-corrected chi connectivity index (χ3v) is 2.32. The molecule has 2 aromatic rings. The predicted octanol–water partition coefficient (Wildman–Crippen LogP) is 1.81. The van der Waals surface area contributed by atoms with Gasteiger partial charge in [-0.05, 0) is 17.5 Å². The summed E-state index contributed by atoms with van der Waals surface area (Å²) in [6, 6.07) is 7.27. The molecule has 2 rings (SSSR count). The minimum absolute atomic E-state index is 0.492. The molecule has 1 heterocycles. The average Bonchev–Trinajstić information content (AvgIpc) is 2.37. The number of hydrogen-bond acceptors (Lipinski definition) is 3. The number of fused-ring (bicyclic) bond motifs is 1. The lowest BCUT2D eigenvalue weighted by atomic mass is 10.1. The van der Waals surface area contributed by atoms with E-state index in [9.17, 15) is 9.59 Å². The van der Waals surface area contributed by atoms with Gasteiger partial charge in [0.1, 0.15) is 0 Å². The van der Waals surface area contributed by atoms with Gasteiger partial charge in [0.15, 0.2) is 0 Å². The van der Waals surface area contributed by atoms with E-state index >= 15 is 0 Å². The second kappa shape index (κ2) is 5.09. The molecule has 90 valence electrons. The van der Waals surface area contributed by atoms with Crippen molar-refractivity contribution in [2.24, 2.45) is 0 Å². The van der Waals surface area contributed by atoms with Crippen molar-refractivity contribution in [3.8, 4) is 0 Å². The highest BCUT2D eigenvalue weighted by Gasteiger charge is 2.03. The Bertz CT molecular complexity index is 630. The number of carboxylic acids is 1. The van der Waals surface area contributed by atoms with Crippen molar-refractivity contribution in [1.29, 1.82) is 0 Å². The quantitative estimate of drug-likeness (QED) is 0.804. The first kappa shape index (κ1) is 11.8. The number of anilines is 1. The molecule has 0 aliphatic rings. The molecular weight excluding hydrogens is 232 g/mol. The molecule has 0 aliphatic heterocycles. The highest BCUT2D eigenvalue weighted by Crippen LogP contribution is 2.21. The fourth-order valence-electron chi connectivity index (χ4n) is 1.54. The molecule has 2 N–H and O–H groups in total. The molecule has 0 unspecified atom stereocenters. The molecule has 18 heavy (non-hydrogen) atoms. The van der Waals surface area contributed by atoms with Crippen LogP contribution in [0, 0.1) is 0 Å². The fraction of sp³-hybridized carbons (Fsp3) is 0. The first-order chi connectivity index (χ1) is 8.66. The normalized spacial score (nSPS) is 10.7. The van der Waals surface area contributed by atoms with Gasteiger partial charge in [-0.3, -0.25) is 9.78 Å². The molecule has 0 spiro atoms. The minimum Gasteiger partial charge on any atom is -0.478 e. The third-order valence-electron chi connectivity index (χ3n) is 2.32.